The fourth-order valence-corrected chi connectivity index (χ4v) is 2.26. The molecule has 6 heteroatoms. The smallest absolute Gasteiger partial charge is 0.360 e. The summed E-state index contributed by atoms with van der Waals surface area (Å²) < 4.78 is 11.7. The van der Waals surface area contributed by atoms with Gasteiger partial charge in [0.2, 0.25) is 0 Å². The van der Waals surface area contributed by atoms with Gasteiger partial charge in [-0.05, 0) is 30.7 Å². The molecule has 0 unspecified atom stereocenters. The van der Waals surface area contributed by atoms with Gasteiger partial charge in [0.15, 0.2) is 5.69 Å². The molecule has 2 N–H and O–H groups in total. The lowest BCUT2D eigenvalue weighted by atomic mass is 10.2. The normalized spacial score (nSPS) is 10.5. The molecule has 6 nitrogen and oxygen atoms in total. The first-order valence-electron chi connectivity index (χ1n) is 6.63. The van der Waals surface area contributed by atoms with Gasteiger partial charge in [-0.25, -0.2) is 9.78 Å². The number of nitrogens with zero attached hydrogens (tertiary/aromatic N) is 2. The van der Waals surface area contributed by atoms with Crippen LogP contribution in [0.5, 0.6) is 5.75 Å². The van der Waals surface area contributed by atoms with Crippen molar-refractivity contribution < 1.29 is 14.3 Å². The van der Waals surface area contributed by atoms with Crippen LogP contribution in [0.3, 0.4) is 0 Å². The molecule has 21 heavy (non-hydrogen) atoms. The molecule has 0 fully saturated rings. The Hall–Kier alpha value is -2.50. The monoisotopic (exact) mass is 289 g/mol. The van der Waals surface area contributed by atoms with Crippen molar-refractivity contribution in [3.05, 3.63) is 35.3 Å². The summed E-state index contributed by atoms with van der Waals surface area (Å²) in [6.07, 6.45) is 0.645. The van der Waals surface area contributed by atoms with Crippen LogP contribution in [-0.4, -0.2) is 29.7 Å². The number of esters is 1. The first kappa shape index (κ1) is 14.9. The molecule has 0 saturated carbocycles. The van der Waals surface area contributed by atoms with E-state index in [1.165, 1.54) is 7.11 Å². The number of benzene rings is 1. The number of carbonyl (C=O) groups is 1. The molecule has 0 spiro atoms. The van der Waals surface area contributed by atoms with E-state index in [2.05, 4.69) is 4.98 Å². The van der Waals surface area contributed by atoms with Crippen molar-refractivity contribution in [3.63, 3.8) is 0 Å². The number of ether oxygens (including phenoxy) is 2. The molecule has 2 rings (SSSR count). The van der Waals surface area contributed by atoms with E-state index < -0.39 is 5.97 Å². The van der Waals surface area contributed by atoms with Crippen molar-refractivity contribution in [2.24, 2.45) is 0 Å². The number of hydrogen-bond donors (Lipinski definition) is 1. The molecular weight excluding hydrogens is 270 g/mol. The molecule has 0 aliphatic rings. The molecule has 1 aromatic carbocycles. The Kier molecular flexibility index (Phi) is 4.16. The lowest BCUT2D eigenvalue weighted by molar-refractivity contribution is 0.0596. The van der Waals surface area contributed by atoms with Crippen molar-refractivity contribution in [1.82, 2.24) is 9.55 Å². The molecule has 112 valence electrons. The second-order valence-corrected chi connectivity index (χ2v) is 4.60. The summed E-state index contributed by atoms with van der Waals surface area (Å²) in [4.78, 5) is 16.0. The number of aryl methyl sites for hydroxylation is 2. The third-order valence-corrected chi connectivity index (χ3v) is 3.31. The standard InChI is InChI=1S/C15H19N3O3/c1-5-12-17-13(15(19)21-4)14(16)18(12)10-6-7-11(20-3)9(2)8-10/h6-8H,5,16H2,1-4H3. The minimum Gasteiger partial charge on any atom is -0.496 e. The van der Waals surface area contributed by atoms with E-state index in [1.807, 2.05) is 32.0 Å². The number of methoxy groups -OCH3 is 2. The average Bonchev–Trinajstić information content (AvgIpc) is 2.83. The number of hydrogen-bond acceptors (Lipinski definition) is 5. The lowest BCUT2D eigenvalue weighted by Gasteiger charge is -2.11. The Morgan fingerprint density at radius 2 is 2.10 bits per heavy atom. The summed E-state index contributed by atoms with van der Waals surface area (Å²) in [5.74, 6) is 1.25. The zero-order chi connectivity index (χ0) is 15.6. The Bertz CT molecular complexity index is 677. The maximum absolute atomic E-state index is 11.7. The quantitative estimate of drug-likeness (QED) is 0.872. The molecule has 2 aromatic rings. The van der Waals surface area contributed by atoms with E-state index in [0.29, 0.717) is 12.2 Å². The summed E-state index contributed by atoms with van der Waals surface area (Å²) in [6, 6.07) is 5.68. The van der Waals surface area contributed by atoms with Gasteiger partial charge in [0.05, 0.1) is 14.2 Å². The maximum atomic E-state index is 11.7. The van der Waals surface area contributed by atoms with E-state index in [9.17, 15) is 4.79 Å². The number of rotatable bonds is 4. The van der Waals surface area contributed by atoms with Crippen molar-refractivity contribution in [1.29, 1.82) is 0 Å². The van der Waals surface area contributed by atoms with Crippen LogP contribution in [0.15, 0.2) is 18.2 Å². The zero-order valence-electron chi connectivity index (χ0n) is 12.6. The van der Waals surface area contributed by atoms with Gasteiger partial charge in [-0.2, -0.15) is 0 Å². The minimum atomic E-state index is -0.536. The average molecular weight is 289 g/mol. The predicted octanol–water partition coefficient (Wildman–Crippen LogP) is 2.12. The topological polar surface area (TPSA) is 79.4 Å². The summed E-state index contributed by atoms with van der Waals surface area (Å²) in [5, 5.41) is 0. The summed E-state index contributed by atoms with van der Waals surface area (Å²) in [7, 11) is 2.93. The number of nitrogen functional groups attached to an aromatic ring is 1. The summed E-state index contributed by atoms with van der Waals surface area (Å²) in [5.41, 5.74) is 8.03. The molecule has 0 aliphatic heterocycles. The largest absolute Gasteiger partial charge is 0.496 e. The van der Waals surface area contributed by atoms with E-state index in [1.54, 1.807) is 11.7 Å². The SMILES string of the molecule is CCc1nc(C(=O)OC)c(N)n1-c1ccc(OC)c(C)c1. The molecule has 0 aliphatic carbocycles. The fourth-order valence-electron chi connectivity index (χ4n) is 2.26. The van der Waals surface area contributed by atoms with Gasteiger partial charge < -0.3 is 15.2 Å². The van der Waals surface area contributed by atoms with E-state index >= 15 is 0 Å². The Balaban J connectivity index is 2.60. The summed E-state index contributed by atoms with van der Waals surface area (Å²) >= 11 is 0. The number of imidazole rings is 1. The van der Waals surface area contributed by atoms with Crippen LogP contribution >= 0.6 is 0 Å². The van der Waals surface area contributed by atoms with Crippen LogP contribution in [0.4, 0.5) is 5.82 Å². The van der Waals surface area contributed by atoms with Gasteiger partial charge in [-0.1, -0.05) is 6.92 Å². The third kappa shape index (κ3) is 2.56. The molecule has 0 bridgehead atoms. The third-order valence-electron chi connectivity index (χ3n) is 3.31. The van der Waals surface area contributed by atoms with Crippen LogP contribution in [0, 0.1) is 6.92 Å². The van der Waals surface area contributed by atoms with E-state index in [4.69, 9.17) is 15.2 Å². The van der Waals surface area contributed by atoms with Crippen LogP contribution < -0.4 is 10.5 Å². The number of carbonyl (C=O) groups excluding carboxylic acids is 1. The van der Waals surface area contributed by atoms with Gasteiger partial charge in [0.1, 0.15) is 17.4 Å². The molecular formula is C15H19N3O3. The van der Waals surface area contributed by atoms with E-state index in [-0.39, 0.29) is 11.5 Å². The zero-order valence-corrected chi connectivity index (χ0v) is 12.6. The Morgan fingerprint density at radius 1 is 1.38 bits per heavy atom. The van der Waals surface area contributed by atoms with Gasteiger partial charge in [-0.3, -0.25) is 4.57 Å². The van der Waals surface area contributed by atoms with Crippen molar-refractivity contribution in [2.75, 3.05) is 20.0 Å². The van der Waals surface area contributed by atoms with Crippen LogP contribution in [0.25, 0.3) is 5.69 Å². The molecule has 0 atom stereocenters. The molecule has 0 radical (unpaired) electrons. The molecule has 1 heterocycles. The first-order chi connectivity index (χ1) is 10.0. The van der Waals surface area contributed by atoms with Gasteiger partial charge in [-0.15, -0.1) is 0 Å². The minimum absolute atomic E-state index is 0.142. The van der Waals surface area contributed by atoms with Crippen molar-refractivity contribution in [3.8, 4) is 11.4 Å². The fraction of sp³-hybridized carbons (Fsp3) is 0.333. The van der Waals surface area contributed by atoms with Gasteiger partial charge in [0.25, 0.3) is 0 Å². The second kappa shape index (κ2) is 5.87. The highest BCUT2D eigenvalue weighted by Crippen LogP contribution is 2.26. The highest BCUT2D eigenvalue weighted by atomic mass is 16.5. The van der Waals surface area contributed by atoms with Crippen LogP contribution in [0.2, 0.25) is 0 Å². The van der Waals surface area contributed by atoms with Crippen molar-refractivity contribution >= 4 is 11.8 Å². The number of aromatic nitrogens is 2. The van der Waals surface area contributed by atoms with Gasteiger partial charge in [0, 0.05) is 12.1 Å². The van der Waals surface area contributed by atoms with Crippen molar-refractivity contribution in [2.45, 2.75) is 20.3 Å². The maximum Gasteiger partial charge on any atom is 0.360 e. The first-order valence-corrected chi connectivity index (χ1v) is 6.63. The highest BCUT2D eigenvalue weighted by molar-refractivity contribution is 5.92. The van der Waals surface area contributed by atoms with Crippen LogP contribution in [0.1, 0.15) is 28.8 Å². The van der Waals surface area contributed by atoms with Gasteiger partial charge >= 0.3 is 5.97 Å². The lowest BCUT2D eigenvalue weighted by Crippen LogP contribution is -2.08. The predicted molar refractivity (Wildman–Crippen MR) is 80.0 cm³/mol. The molecule has 0 amide bonds. The Labute approximate surface area is 123 Å². The number of nitrogens with two attached hydrogens (primary N) is 1. The number of anilines is 1. The van der Waals surface area contributed by atoms with E-state index in [0.717, 1.165) is 17.0 Å². The molecule has 0 saturated heterocycles. The van der Waals surface area contributed by atoms with Crippen LogP contribution in [-0.2, 0) is 11.2 Å². The Morgan fingerprint density at radius 3 is 2.62 bits per heavy atom. The molecule has 1 aromatic heterocycles. The summed E-state index contributed by atoms with van der Waals surface area (Å²) in [6.45, 7) is 3.90. The second-order valence-electron chi connectivity index (χ2n) is 4.60. The highest BCUT2D eigenvalue weighted by Gasteiger charge is 2.21.